The van der Waals surface area contributed by atoms with Gasteiger partial charge in [0.1, 0.15) is 34.8 Å². The smallest absolute Gasteiger partial charge is 0.300 e. The SMILES string of the molecule is CCOc1ccc(/C(O)=C2/C(=O)C(=O)N(c3ccc(OC)cc3)C2c2ccc(C)o2)cc1C. The number of methoxy groups -OCH3 is 1. The predicted molar refractivity (Wildman–Crippen MR) is 124 cm³/mol. The number of benzene rings is 2. The van der Waals surface area contributed by atoms with E-state index in [2.05, 4.69) is 0 Å². The van der Waals surface area contributed by atoms with E-state index in [0.717, 1.165) is 5.56 Å². The van der Waals surface area contributed by atoms with Gasteiger partial charge in [-0.3, -0.25) is 14.5 Å². The molecule has 7 nitrogen and oxygen atoms in total. The summed E-state index contributed by atoms with van der Waals surface area (Å²) >= 11 is 0. The molecule has 0 radical (unpaired) electrons. The van der Waals surface area contributed by atoms with E-state index < -0.39 is 17.7 Å². The van der Waals surface area contributed by atoms with Crippen molar-refractivity contribution in [1.29, 1.82) is 0 Å². The van der Waals surface area contributed by atoms with Crippen LogP contribution < -0.4 is 14.4 Å². The summed E-state index contributed by atoms with van der Waals surface area (Å²) in [5.41, 5.74) is 1.67. The second-order valence-electron chi connectivity index (χ2n) is 7.73. The van der Waals surface area contributed by atoms with Gasteiger partial charge in [0.25, 0.3) is 11.7 Å². The van der Waals surface area contributed by atoms with E-state index in [4.69, 9.17) is 13.9 Å². The number of Topliss-reactive ketones (excluding diaryl/α,β-unsaturated/α-hetero) is 1. The van der Waals surface area contributed by atoms with Crippen LogP contribution in [0.4, 0.5) is 5.69 Å². The van der Waals surface area contributed by atoms with E-state index in [1.54, 1.807) is 68.6 Å². The summed E-state index contributed by atoms with van der Waals surface area (Å²) in [5, 5.41) is 11.2. The summed E-state index contributed by atoms with van der Waals surface area (Å²) < 4.78 is 16.6. The molecule has 1 aliphatic rings. The van der Waals surface area contributed by atoms with Crippen LogP contribution >= 0.6 is 0 Å². The number of hydrogen-bond acceptors (Lipinski definition) is 6. The molecule has 170 valence electrons. The minimum atomic E-state index is -0.918. The summed E-state index contributed by atoms with van der Waals surface area (Å²) in [5.74, 6) is 0.511. The summed E-state index contributed by atoms with van der Waals surface area (Å²) in [6, 6.07) is 14.5. The van der Waals surface area contributed by atoms with Crippen LogP contribution in [0, 0.1) is 13.8 Å². The normalized spacial score (nSPS) is 17.5. The Morgan fingerprint density at radius 1 is 1.06 bits per heavy atom. The number of rotatable bonds is 6. The van der Waals surface area contributed by atoms with Crippen LogP contribution in [0.5, 0.6) is 11.5 Å². The number of aliphatic hydroxyl groups excluding tert-OH is 1. The van der Waals surface area contributed by atoms with Gasteiger partial charge in [-0.25, -0.2) is 0 Å². The fourth-order valence-corrected chi connectivity index (χ4v) is 3.98. The van der Waals surface area contributed by atoms with E-state index in [1.165, 1.54) is 4.90 Å². The van der Waals surface area contributed by atoms with Gasteiger partial charge < -0.3 is 19.0 Å². The minimum Gasteiger partial charge on any atom is -0.507 e. The molecule has 4 rings (SSSR count). The van der Waals surface area contributed by atoms with E-state index in [1.807, 2.05) is 13.8 Å². The van der Waals surface area contributed by atoms with E-state index >= 15 is 0 Å². The fourth-order valence-electron chi connectivity index (χ4n) is 3.98. The maximum Gasteiger partial charge on any atom is 0.300 e. The van der Waals surface area contributed by atoms with E-state index in [9.17, 15) is 14.7 Å². The Morgan fingerprint density at radius 2 is 1.79 bits per heavy atom. The molecule has 0 spiro atoms. The monoisotopic (exact) mass is 447 g/mol. The highest BCUT2D eigenvalue weighted by Crippen LogP contribution is 2.43. The zero-order chi connectivity index (χ0) is 23.7. The lowest BCUT2D eigenvalue weighted by Gasteiger charge is -2.23. The van der Waals surface area contributed by atoms with Crippen molar-refractivity contribution in [3.8, 4) is 11.5 Å². The highest BCUT2D eigenvalue weighted by atomic mass is 16.5. The minimum absolute atomic E-state index is 0.0336. The van der Waals surface area contributed by atoms with Crippen molar-refractivity contribution in [3.05, 3.63) is 82.8 Å². The number of hydrogen-bond donors (Lipinski definition) is 1. The van der Waals surface area contributed by atoms with Crippen molar-refractivity contribution in [1.82, 2.24) is 0 Å². The molecule has 2 heterocycles. The molecule has 1 amide bonds. The summed E-state index contributed by atoms with van der Waals surface area (Å²) in [4.78, 5) is 27.7. The number of anilines is 1. The molecular weight excluding hydrogens is 422 g/mol. The van der Waals surface area contributed by atoms with Gasteiger partial charge in [-0.2, -0.15) is 0 Å². The van der Waals surface area contributed by atoms with Crippen LogP contribution in [0.2, 0.25) is 0 Å². The number of aliphatic hydroxyl groups is 1. The quantitative estimate of drug-likeness (QED) is 0.327. The number of aryl methyl sites for hydroxylation is 2. The molecule has 7 heteroatoms. The molecular formula is C26H25NO6. The van der Waals surface area contributed by atoms with Gasteiger partial charge in [-0.05, 0) is 80.9 Å². The summed E-state index contributed by atoms with van der Waals surface area (Å²) in [6.45, 7) is 6.03. The third-order valence-electron chi connectivity index (χ3n) is 5.57. The van der Waals surface area contributed by atoms with Gasteiger partial charge >= 0.3 is 0 Å². The molecule has 1 fully saturated rings. The van der Waals surface area contributed by atoms with Crippen LogP contribution in [-0.2, 0) is 9.59 Å². The topological polar surface area (TPSA) is 89.2 Å². The van der Waals surface area contributed by atoms with Gasteiger partial charge in [-0.1, -0.05) is 0 Å². The Labute approximate surface area is 191 Å². The molecule has 1 N–H and O–H groups in total. The molecule has 3 aromatic rings. The average Bonchev–Trinajstić information content (AvgIpc) is 3.35. The lowest BCUT2D eigenvalue weighted by molar-refractivity contribution is -0.132. The van der Waals surface area contributed by atoms with Crippen LogP contribution in [0.25, 0.3) is 5.76 Å². The van der Waals surface area contributed by atoms with Crippen molar-refractivity contribution < 1.29 is 28.6 Å². The number of ketones is 1. The van der Waals surface area contributed by atoms with Gasteiger partial charge in [-0.15, -0.1) is 0 Å². The second-order valence-corrected chi connectivity index (χ2v) is 7.73. The van der Waals surface area contributed by atoms with Crippen LogP contribution in [0.3, 0.4) is 0 Å². The molecule has 33 heavy (non-hydrogen) atoms. The first-order valence-electron chi connectivity index (χ1n) is 10.6. The molecule has 0 saturated carbocycles. The molecule has 1 saturated heterocycles. The second kappa shape index (κ2) is 8.86. The first kappa shape index (κ1) is 22.2. The molecule has 1 atom stereocenters. The van der Waals surface area contributed by atoms with Crippen molar-refractivity contribution in [2.45, 2.75) is 26.8 Å². The average molecular weight is 447 g/mol. The molecule has 0 aliphatic carbocycles. The standard InChI is InChI=1S/C26H25NO6/c1-5-32-20-13-7-17(14-15(20)2)24(28)22-23(21-12-6-16(3)33-21)27(26(30)25(22)29)18-8-10-19(31-4)11-9-18/h6-14,23,28H,5H2,1-4H3/b24-22-. The number of nitrogens with zero attached hydrogens (tertiary/aromatic N) is 1. The molecule has 0 bridgehead atoms. The Balaban J connectivity index is 1.87. The van der Waals surface area contributed by atoms with Crippen LogP contribution in [0.1, 0.15) is 35.6 Å². The number of ether oxygens (including phenoxy) is 2. The molecule has 1 aliphatic heterocycles. The van der Waals surface area contributed by atoms with Crippen LogP contribution in [0.15, 0.2) is 64.6 Å². The zero-order valence-electron chi connectivity index (χ0n) is 18.9. The molecule has 1 aromatic heterocycles. The molecule has 2 aromatic carbocycles. The van der Waals surface area contributed by atoms with Crippen LogP contribution in [-0.4, -0.2) is 30.5 Å². The largest absolute Gasteiger partial charge is 0.507 e. The highest BCUT2D eigenvalue weighted by molar-refractivity contribution is 6.51. The van der Waals surface area contributed by atoms with Gasteiger partial charge in [0.2, 0.25) is 0 Å². The summed E-state index contributed by atoms with van der Waals surface area (Å²) in [6.07, 6.45) is 0. The van der Waals surface area contributed by atoms with Gasteiger partial charge in [0.05, 0.1) is 19.3 Å². The van der Waals surface area contributed by atoms with Crippen molar-refractivity contribution >= 4 is 23.1 Å². The predicted octanol–water partition coefficient (Wildman–Crippen LogP) is 4.93. The first-order chi connectivity index (χ1) is 15.8. The highest BCUT2D eigenvalue weighted by Gasteiger charge is 2.48. The lowest BCUT2D eigenvalue weighted by Crippen LogP contribution is -2.29. The fraction of sp³-hybridized carbons (Fsp3) is 0.231. The van der Waals surface area contributed by atoms with Gasteiger partial charge in [0, 0.05) is 11.3 Å². The third kappa shape index (κ3) is 3.98. The summed E-state index contributed by atoms with van der Waals surface area (Å²) in [7, 11) is 1.55. The third-order valence-corrected chi connectivity index (χ3v) is 5.57. The van der Waals surface area contributed by atoms with Crippen molar-refractivity contribution in [2.75, 3.05) is 18.6 Å². The maximum absolute atomic E-state index is 13.2. The number of carbonyl (C=O) groups is 2. The Hall–Kier alpha value is -4.00. The zero-order valence-corrected chi connectivity index (χ0v) is 18.9. The van der Waals surface area contributed by atoms with Crippen molar-refractivity contribution in [2.24, 2.45) is 0 Å². The van der Waals surface area contributed by atoms with Crippen molar-refractivity contribution in [3.63, 3.8) is 0 Å². The number of amides is 1. The Kier molecular flexibility index (Phi) is 5.96. The Bertz CT molecular complexity index is 1240. The number of furan rings is 1. The van der Waals surface area contributed by atoms with Gasteiger partial charge in [0.15, 0.2) is 0 Å². The van der Waals surface area contributed by atoms with E-state index in [-0.39, 0.29) is 11.3 Å². The molecule has 1 unspecified atom stereocenters. The maximum atomic E-state index is 13.2. The number of carbonyl (C=O) groups excluding carboxylic acids is 2. The lowest BCUT2D eigenvalue weighted by atomic mass is 9.98. The Morgan fingerprint density at radius 3 is 2.36 bits per heavy atom. The first-order valence-corrected chi connectivity index (χ1v) is 10.6. The van der Waals surface area contributed by atoms with E-state index in [0.29, 0.717) is 40.9 Å².